The summed E-state index contributed by atoms with van der Waals surface area (Å²) in [5, 5.41) is 4.01. The van der Waals surface area contributed by atoms with Gasteiger partial charge in [0.05, 0.1) is 5.54 Å². The molecule has 1 aliphatic rings. The summed E-state index contributed by atoms with van der Waals surface area (Å²) in [6.07, 6.45) is 5.14. The molecule has 0 radical (unpaired) electrons. The molecule has 1 aromatic heterocycles. The molecule has 1 heterocycles. The van der Waals surface area contributed by atoms with Crippen molar-refractivity contribution in [3.63, 3.8) is 0 Å². The zero-order chi connectivity index (χ0) is 10.9. The van der Waals surface area contributed by atoms with Crippen LogP contribution in [0.4, 0.5) is 0 Å². The average Bonchev–Trinajstić information content (AvgIpc) is 2.74. The fourth-order valence-corrected chi connectivity index (χ4v) is 2.12. The van der Waals surface area contributed by atoms with Gasteiger partial charge in [-0.1, -0.05) is 31.8 Å². The highest BCUT2D eigenvalue weighted by molar-refractivity contribution is 5.06. The van der Waals surface area contributed by atoms with Gasteiger partial charge < -0.3 is 10.3 Å². The van der Waals surface area contributed by atoms with Gasteiger partial charge in [-0.05, 0) is 18.8 Å². The van der Waals surface area contributed by atoms with Crippen LogP contribution in [0.3, 0.4) is 0 Å². The topological polar surface area (TPSA) is 64.9 Å². The van der Waals surface area contributed by atoms with Crippen LogP contribution in [-0.4, -0.2) is 10.1 Å². The van der Waals surface area contributed by atoms with Gasteiger partial charge in [-0.25, -0.2) is 0 Å². The summed E-state index contributed by atoms with van der Waals surface area (Å²) in [5.74, 6) is 1.96. The minimum Gasteiger partial charge on any atom is -0.339 e. The van der Waals surface area contributed by atoms with Crippen LogP contribution in [0.25, 0.3) is 0 Å². The first-order chi connectivity index (χ1) is 7.10. The Morgan fingerprint density at radius 2 is 2.07 bits per heavy atom. The molecule has 0 atom stereocenters. The first-order valence-corrected chi connectivity index (χ1v) is 5.72. The lowest BCUT2D eigenvalue weighted by atomic mass is 9.98. The Balaban J connectivity index is 2.12. The van der Waals surface area contributed by atoms with Gasteiger partial charge in [0.15, 0.2) is 5.82 Å². The van der Waals surface area contributed by atoms with Gasteiger partial charge in [0.25, 0.3) is 0 Å². The van der Waals surface area contributed by atoms with Crippen molar-refractivity contribution in [2.24, 2.45) is 11.7 Å². The number of hydrogen-bond acceptors (Lipinski definition) is 4. The minimum atomic E-state index is -0.321. The first-order valence-electron chi connectivity index (χ1n) is 5.72. The summed E-state index contributed by atoms with van der Waals surface area (Å²) in [7, 11) is 0. The van der Waals surface area contributed by atoms with Crippen molar-refractivity contribution in [1.29, 1.82) is 0 Å². The third-order valence-electron chi connectivity index (χ3n) is 2.99. The van der Waals surface area contributed by atoms with E-state index in [1.165, 1.54) is 12.8 Å². The second kappa shape index (κ2) is 3.93. The van der Waals surface area contributed by atoms with E-state index in [0.717, 1.165) is 25.2 Å². The highest BCUT2D eigenvalue weighted by Gasteiger charge is 2.35. The molecular weight excluding hydrogens is 190 g/mol. The Hall–Kier alpha value is -0.900. The van der Waals surface area contributed by atoms with Crippen molar-refractivity contribution in [2.45, 2.75) is 51.5 Å². The lowest BCUT2D eigenvalue weighted by Gasteiger charge is -2.17. The molecule has 0 aromatic carbocycles. The molecule has 4 nitrogen and oxygen atoms in total. The van der Waals surface area contributed by atoms with Crippen molar-refractivity contribution in [1.82, 2.24) is 10.1 Å². The first kappa shape index (κ1) is 10.6. The minimum absolute atomic E-state index is 0.321. The lowest BCUT2D eigenvalue weighted by Crippen LogP contribution is -2.34. The SMILES string of the molecule is CC(C)Cc1nc(C2(N)CCCC2)no1. The number of nitrogens with two attached hydrogens (primary N) is 1. The van der Waals surface area contributed by atoms with Crippen molar-refractivity contribution >= 4 is 0 Å². The molecule has 1 fully saturated rings. The van der Waals surface area contributed by atoms with Gasteiger partial charge >= 0.3 is 0 Å². The maximum Gasteiger partial charge on any atom is 0.226 e. The monoisotopic (exact) mass is 209 g/mol. The quantitative estimate of drug-likeness (QED) is 0.826. The predicted molar refractivity (Wildman–Crippen MR) is 57.2 cm³/mol. The Morgan fingerprint density at radius 1 is 1.40 bits per heavy atom. The fraction of sp³-hybridized carbons (Fsp3) is 0.818. The molecule has 0 bridgehead atoms. The molecule has 4 heteroatoms. The van der Waals surface area contributed by atoms with E-state index >= 15 is 0 Å². The van der Waals surface area contributed by atoms with Crippen LogP contribution in [0.15, 0.2) is 4.52 Å². The van der Waals surface area contributed by atoms with Crippen LogP contribution in [0.1, 0.15) is 51.2 Å². The maximum absolute atomic E-state index is 6.24. The van der Waals surface area contributed by atoms with Gasteiger partial charge in [0.1, 0.15) is 0 Å². The van der Waals surface area contributed by atoms with Crippen molar-refractivity contribution in [2.75, 3.05) is 0 Å². The van der Waals surface area contributed by atoms with Gasteiger partial charge in [0.2, 0.25) is 5.89 Å². The summed E-state index contributed by atoms with van der Waals surface area (Å²) in [6.45, 7) is 4.27. The Kier molecular flexibility index (Phi) is 2.78. The van der Waals surface area contributed by atoms with Gasteiger partial charge in [-0.15, -0.1) is 0 Å². The molecule has 0 amide bonds. The van der Waals surface area contributed by atoms with E-state index in [2.05, 4.69) is 24.0 Å². The van der Waals surface area contributed by atoms with E-state index in [1.54, 1.807) is 0 Å². The second-order valence-corrected chi connectivity index (χ2v) is 4.97. The molecule has 0 unspecified atom stereocenters. The Bertz CT molecular complexity index is 326. The zero-order valence-corrected chi connectivity index (χ0v) is 9.49. The van der Waals surface area contributed by atoms with Crippen molar-refractivity contribution in [3.05, 3.63) is 11.7 Å². The van der Waals surface area contributed by atoms with E-state index in [4.69, 9.17) is 10.3 Å². The molecule has 1 aromatic rings. The van der Waals surface area contributed by atoms with Crippen LogP contribution in [0, 0.1) is 5.92 Å². The largest absolute Gasteiger partial charge is 0.339 e. The predicted octanol–water partition coefficient (Wildman–Crippen LogP) is 2.00. The molecule has 1 aliphatic carbocycles. The summed E-state index contributed by atoms with van der Waals surface area (Å²) in [5.41, 5.74) is 5.92. The average molecular weight is 209 g/mol. The molecule has 84 valence electrons. The van der Waals surface area contributed by atoms with E-state index in [-0.39, 0.29) is 5.54 Å². The van der Waals surface area contributed by atoms with Crippen LogP contribution < -0.4 is 5.73 Å². The summed E-state index contributed by atoms with van der Waals surface area (Å²) in [6, 6.07) is 0. The molecule has 2 rings (SSSR count). The second-order valence-electron chi connectivity index (χ2n) is 4.97. The van der Waals surface area contributed by atoms with Gasteiger partial charge in [-0.3, -0.25) is 0 Å². The van der Waals surface area contributed by atoms with Gasteiger partial charge in [0, 0.05) is 6.42 Å². The van der Waals surface area contributed by atoms with Crippen LogP contribution in [-0.2, 0) is 12.0 Å². The molecule has 0 saturated heterocycles. The van der Waals surface area contributed by atoms with E-state index in [9.17, 15) is 0 Å². The van der Waals surface area contributed by atoms with Crippen molar-refractivity contribution < 1.29 is 4.52 Å². The third-order valence-corrected chi connectivity index (χ3v) is 2.99. The molecule has 2 N–H and O–H groups in total. The smallest absolute Gasteiger partial charge is 0.226 e. The van der Waals surface area contributed by atoms with Crippen LogP contribution in [0.5, 0.6) is 0 Å². The van der Waals surface area contributed by atoms with Crippen LogP contribution in [0.2, 0.25) is 0 Å². The number of aromatic nitrogens is 2. The highest BCUT2D eigenvalue weighted by Crippen LogP contribution is 2.34. The third kappa shape index (κ3) is 2.20. The lowest BCUT2D eigenvalue weighted by molar-refractivity contribution is 0.340. The Labute approximate surface area is 90.2 Å². The standard InChI is InChI=1S/C11H19N3O/c1-8(2)7-9-13-10(14-15-9)11(12)5-3-4-6-11/h8H,3-7,12H2,1-2H3. The molecule has 0 spiro atoms. The molecule has 15 heavy (non-hydrogen) atoms. The maximum atomic E-state index is 6.24. The number of nitrogens with zero attached hydrogens (tertiary/aromatic N) is 2. The molecule has 0 aliphatic heterocycles. The zero-order valence-electron chi connectivity index (χ0n) is 9.49. The number of rotatable bonds is 3. The van der Waals surface area contributed by atoms with Crippen LogP contribution >= 0.6 is 0 Å². The summed E-state index contributed by atoms with van der Waals surface area (Å²) < 4.78 is 5.21. The van der Waals surface area contributed by atoms with E-state index in [0.29, 0.717) is 11.7 Å². The summed E-state index contributed by atoms with van der Waals surface area (Å²) in [4.78, 5) is 4.40. The number of hydrogen-bond donors (Lipinski definition) is 1. The van der Waals surface area contributed by atoms with E-state index < -0.39 is 0 Å². The fourth-order valence-electron chi connectivity index (χ4n) is 2.12. The van der Waals surface area contributed by atoms with Crippen molar-refractivity contribution in [3.8, 4) is 0 Å². The molecular formula is C11H19N3O. The highest BCUT2D eigenvalue weighted by atomic mass is 16.5. The normalized spacial score (nSPS) is 20.0. The van der Waals surface area contributed by atoms with E-state index in [1.807, 2.05) is 0 Å². The summed E-state index contributed by atoms with van der Waals surface area (Å²) >= 11 is 0. The molecule has 1 saturated carbocycles. The van der Waals surface area contributed by atoms with Gasteiger partial charge in [-0.2, -0.15) is 4.98 Å². The Morgan fingerprint density at radius 3 is 2.67 bits per heavy atom.